The first-order chi connectivity index (χ1) is 6.78. The van der Waals surface area contributed by atoms with Crippen LogP contribution >= 0.6 is 0 Å². The third-order valence-electron chi connectivity index (χ3n) is 3.31. The summed E-state index contributed by atoms with van der Waals surface area (Å²) in [5, 5.41) is 8.13. The van der Waals surface area contributed by atoms with Crippen molar-refractivity contribution in [2.75, 3.05) is 33.4 Å². The number of rotatable bonds is 2. The SMILES string of the molecule is COC1(C(=N)N2CCOCC2)CCC1. The van der Waals surface area contributed by atoms with Gasteiger partial charge in [0.1, 0.15) is 11.4 Å². The number of methoxy groups -OCH3 is 1. The van der Waals surface area contributed by atoms with E-state index in [0.717, 1.165) is 39.1 Å². The minimum atomic E-state index is -0.267. The van der Waals surface area contributed by atoms with Crippen LogP contribution in [0.25, 0.3) is 0 Å². The molecule has 1 saturated carbocycles. The average molecular weight is 198 g/mol. The molecule has 1 N–H and O–H groups in total. The fraction of sp³-hybridized carbons (Fsp3) is 0.900. The molecule has 2 fully saturated rings. The van der Waals surface area contributed by atoms with E-state index in [4.69, 9.17) is 14.9 Å². The molecule has 4 heteroatoms. The summed E-state index contributed by atoms with van der Waals surface area (Å²) in [5.74, 6) is 0.662. The van der Waals surface area contributed by atoms with E-state index in [9.17, 15) is 0 Å². The van der Waals surface area contributed by atoms with E-state index >= 15 is 0 Å². The molecule has 4 nitrogen and oxygen atoms in total. The first-order valence-corrected chi connectivity index (χ1v) is 5.25. The lowest BCUT2D eigenvalue weighted by Crippen LogP contribution is -2.56. The largest absolute Gasteiger partial charge is 0.378 e. The van der Waals surface area contributed by atoms with E-state index in [1.807, 2.05) is 0 Å². The fourth-order valence-electron chi connectivity index (χ4n) is 2.11. The summed E-state index contributed by atoms with van der Waals surface area (Å²) in [7, 11) is 1.72. The molecule has 0 aromatic heterocycles. The first kappa shape index (κ1) is 9.93. The van der Waals surface area contributed by atoms with Gasteiger partial charge in [-0.2, -0.15) is 0 Å². The van der Waals surface area contributed by atoms with Gasteiger partial charge in [-0.3, -0.25) is 5.41 Å². The van der Waals surface area contributed by atoms with Crippen LogP contribution in [0.4, 0.5) is 0 Å². The predicted octanol–water partition coefficient (Wildman–Crippen LogP) is 0.865. The molecular weight excluding hydrogens is 180 g/mol. The molecule has 0 aromatic rings. The number of amidine groups is 1. The molecule has 0 unspecified atom stereocenters. The van der Waals surface area contributed by atoms with Crippen LogP contribution in [-0.4, -0.2) is 49.7 Å². The normalized spacial score (nSPS) is 25.6. The van der Waals surface area contributed by atoms with Crippen LogP contribution < -0.4 is 0 Å². The van der Waals surface area contributed by atoms with Crippen LogP contribution in [0.3, 0.4) is 0 Å². The van der Waals surface area contributed by atoms with Crippen molar-refractivity contribution in [1.29, 1.82) is 5.41 Å². The predicted molar refractivity (Wildman–Crippen MR) is 53.7 cm³/mol. The summed E-state index contributed by atoms with van der Waals surface area (Å²) < 4.78 is 10.8. The minimum absolute atomic E-state index is 0.267. The maximum atomic E-state index is 8.13. The van der Waals surface area contributed by atoms with Crippen molar-refractivity contribution < 1.29 is 9.47 Å². The summed E-state index contributed by atoms with van der Waals surface area (Å²) in [5.41, 5.74) is -0.267. The van der Waals surface area contributed by atoms with Crippen molar-refractivity contribution in [1.82, 2.24) is 4.90 Å². The van der Waals surface area contributed by atoms with Gasteiger partial charge in [0.15, 0.2) is 0 Å². The van der Waals surface area contributed by atoms with Gasteiger partial charge in [0.25, 0.3) is 0 Å². The Kier molecular flexibility index (Phi) is 2.74. The van der Waals surface area contributed by atoms with E-state index in [1.54, 1.807) is 7.11 Å². The monoisotopic (exact) mass is 198 g/mol. The highest BCUT2D eigenvalue weighted by atomic mass is 16.5. The van der Waals surface area contributed by atoms with Crippen LogP contribution in [0.15, 0.2) is 0 Å². The van der Waals surface area contributed by atoms with Crippen molar-refractivity contribution >= 4 is 5.84 Å². The molecule has 0 atom stereocenters. The van der Waals surface area contributed by atoms with Gasteiger partial charge in [-0.25, -0.2) is 0 Å². The number of nitrogens with one attached hydrogen (secondary N) is 1. The lowest BCUT2D eigenvalue weighted by atomic mass is 9.78. The Morgan fingerprint density at radius 3 is 2.43 bits per heavy atom. The van der Waals surface area contributed by atoms with Crippen molar-refractivity contribution in [3.05, 3.63) is 0 Å². The quantitative estimate of drug-likeness (QED) is 0.529. The number of morpholine rings is 1. The molecule has 0 bridgehead atoms. The van der Waals surface area contributed by atoms with Gasteiger partial charge in [-0.05, 0) is 19.3 Å². The molecule has 2 aliphatic rings. The zero-order chi connectivity index (χ0) is 10.0. The summed E-state index contributed by atoms with van der Waals surface area (Å²) in [6, 6.07) is 0. The highest BCUT2D eigenvalue weighted by molar-refractivity contribution is 5.88. The van der Waals surface area contributed by atoms with Gasteiger partial charge in [0.05, 0.1) is 13.2 Å². The second kappa shape index (κ2) is 3.87. The Bertz CT molecular complexity index is 215. The summed E-state index contributed by atoms with van der Waals surface area (Å²) >= 11 is 0. The number of ether oxygens (including phenoxy) is 2. The highest BCUT2D eigenvalue weighted by Crippen LogP contribution is 2.36. The second-order valence-electron chi connectivity index (χ2n) is 4.00. The smallest absolute Gasteiger partial charge is 0.129 e. The Hall–Kier alpha value is -0.610. The third kappa shape index (κ3) is 1.53. The van der Waals surface area contributed by atoms with Crippen molar-refractivity contribution in [3.8, 4) is 0 Å². The van der Waals surface area contributed by atoms with Gasteiger partial charge >= 0.3 is 0 Å². The molecule has 14 heavy (non-hydrogen) atoms. The molecule has 2 rings (SSSR count). The Morgan fingerprint density at radius 1 is 1.36 bits per heavy atom. The lowest BCUT2D eigenvalue weighted by molar-refractivity contribution is -0.0295. The number of hydrogen-bond donors (Lipinski definition) is 1. The Balaban J connectivity index is 1.98. The highest BCUT2D eigenvalue weighted by Gasteiger charge is 2.43. The molecule has 0 amide bonds. The van der Waals surface area contributed by atoms with Crippen LogP contribution in [0, 0.1) is 5.41 Å². The zero-order valence-corrected chi connectivity index (χ0v) is 8.71. The molecule has 80 valence electrons. The molecule has 1 aliphatic carbocycles. The van der Waals surface area contributed by atoms with Crippen LogP contribution in [0.2, 0.25) is 0 Å². The van der Waals surface area contributed by atoms with Crippen LogP contribution in [-0.2, 0) is 9.47 Å². The number of nitrogens with zero attached hydrogens (tertiary/aromatic N) is 1. The van der Waals surface area contributed by atoms with E-state index in [0.29, 0.717) is 5.84 Å². The molecule has 0 radical (unpaired) electrons. The topological polar surface area (TPSA) is 45.5 Å². The Labute approximate surface area is 84.7 Å². The maximum absolute atomic E-state index is 8.13. The van der Waals surface area contributed by atoms with Crippen molar-refractivity contribution in [3.63, 3.8) is 0 Å². The molecule has 1 saturated heterocycles. The molecule has 1 heterocycles. The molecule has 0 aromatic carbocycles. The zero-order valence-electron chi connectivity index (χ0n) is 8.71. The summed E-state index contributed by atoms with van der Waals surface area (Å²) in [4.78, 5) is 2.09. The maximum Gasteiger partial charge on any atom is 0.129 e. The van der Waals surface area contributed by atoms with Gasteiger partial charge in [0, 0.05) is 20.2 Å². The molecule has 0 spiro atoms. The van der Waals surface area contributed by atoms with E-state index < -0.39 is 0 Å². The second-order valence-corrected chi connectivity index (χ2v) is 4.00. The first-order valence-electron chi connectivity index (χ1n) is 5.25. The lowest BCUT2D eigenvalue weighted by Gasteiger charge is -2.45. The van der Waals surface area contributed by atoms with Crippen LogP contribution in [0.5, 0.6) is 0 Å². The van der Waals surface area contributed by atoms with E-state index in [-0.39, 0.29) is 5.60 Å². The van der Waals surface area contributed by atoms with Crippen molar-refractivity contribution in [2.45, 2.75) is 24.9 Å². The summed E-state index contributed by atoms with van der Waals surface area (Å²) in [6.45, 7) is 3.15. The van der Waals surface area contributed by atoms with Gasteiger partial charge < -0.3 is 14.4 Å². The standard InChI is InChI=1S/C10H18N2O2/c1-13-10(3-2-4-10)9(11)12-5-7-14-8-6-12/h11H,2-8H2,1H3. The van der Waals surface area contributed by atoms with E-state index in [2.05, 4.69) is 4.90 Å². The van der Waals surface area contributed by atoms with Crippen LogP contribution in [0.1, 0.15) is 19.3 Å². The fourth-order valence-corrected chi connectivity index (χ4v) is 2.11. The van der Waals surface area contributed by atoms with Gasteiger partial charge in [0.2, 0.25) is 0 Å². The molecule has 1 aliphatic heterocycles. The average Bonchev–Trinajstić information content (AvgIpc) is 2.18. The molecular formula is C10H18N2O2. The Morgan fingerprint density at radius 2 is 2.00 bits per heavy atom. The third-order valence-corrected chi connectivity index (χ3v) is 3.31. The van der Waals surface area contributed by atoms with E-state index in [1.165, 1.54) is 6.42 Å². The minimum Gasteiger partial charge on any atom is -0.378 e. The van der Waals surface area contributed by atoms with Gasteiger partial charge in [-0.1, -0.05) is 0 Å². The summed E-state index contributed by atoms with van der Waals surface area (Å²) in [6.07, 6.45) is 3.18. The van der Waals surface area contributed by atoms with Gasteiger partial charge in [-0.15, -0.1) is 0 Å². The number of hydrogen-bond acceptors (Lipinski definition) is 3. The van der Waals surface area contributed by atoms with Crippen molar-refractivity contribution in [2.24, 2.45) is 0 Å².